The van der Waals surface area contributed by atoms with Gasteiger partial charge in [0.2, 0.25) is 10.0 Å². The Hall–Kier alpha value is -0.170. The average molecular weight is 276 g/mol. The van der Waals surface area contributed by atoms with E-state index in [-0.39, 0.29) is 12.3 Å². The Morgan fingerprint density at radius 3 is 2.67 bits per heavy atom. The van der Waals surface area contributed by atoms with Gasteiger partial charge >= 0.3 is 0 Å². The first kappa shape index (κ1) is 14.2. The number of likely N-dealkylation sites (N-methyl/N-ethyl adjacent to an activating group) is 1. The summed E-state index contributed by atoms with van der Waals surface area (Å²) < 4.78 is 25.5. The van der Waals surface area contributed by atoms with Crippen molar-refractivity contribution in [2.24, 2.45) is 5.92 Å². The normalized spacial score (nSPS) is 29.7. The van der Waals surface area contributed by atoms with E-state index in [1.54, 1.807) is 7.05 Å². The maximum Gasteiger partial charge on any atom is 0.213 e. The van der Waals surface area contributed by atoms with E-state index in [0.717, 1.165) is 13.0 Å². The van der Waals surface area contributed by atoms with E-state index in [1.165, 1.54) is 23.6 Å². The molecular weight excluding hydrogens is 252 g/mol. The van der Waals surface area contributed by atoms with Gasteiger partial charge in [-0.2, -0.15) is 0 Å². The SMILES string of the molecule is CN(CC1(O)CCNC1)S(=O)(=O)CCC1CCC1. The fourth-order valence-corrected chi connectivity index (χ4v) is 4.01. The molecule has 1 unspecified atom stereocenters. The zero-order valence-corrected chi connectivity index (χ0v) is 11.9. The maximum atomic E-state index is 12.1. The standard InChI is InChI=1S/C12H24N2O3S/c1-14(10-12(15)6-7-13-9-12)18(16,17)8-5-11-3-2-4-11/h11,13,15H,2-10H2,1H3. The van der Waals surface area contributed by atoms with Crippen molar-refractivity contribution in [3.63, 3.8) is 0 Å². The lowest BCUT2D eigenvalue weighted by Crippen LogP contribution is -2.46. The van der Waals surface area contributed by atoms with Gasteiger partial charge in [0.15, 0.2) is 0 Å². The van der Waals surface area contributed by atoms with Gasteiger partial charge in [-0.05, 0) is 25.3 Å². The summed E-state index contributed by atoms with van der Waals surface area (Å²) in [6.07, 6.45) is 4.98. The summed E-state index contributed by atoms with van der Waals surface area (Å²) in [6, 6.07) is 0. The highest BCUT2D eigenvalue weighted by molar-refractivity contribution is 7.89. The van der Waals surface area contributed by atoms with E-state index < -0.39 is 15.6 Å². The molecule has 106 valence electrons. The van der Waals surface area contributed by atoms with Crippen LogP contribution in [0.1, 0.15) is 32.1 Å². The van der Waals surface area contributed by atoms with Crippen molar-refractivity contribution in [3.8, 4) is 0 Å². The Balaban J connectivity index is 1.83. The van der Waals surface area contributed by atoms with Crippen LogP contribution in [-0.2, 0) is 10.0 Å². The Bertz CT molecular complexity index is 373. The molecule has 1 heterocycles. The predicted octanol–water partition coefficient (Wildman–Crippen LogP) is 0.163. The molecule has 0 amide bonds. The van der Waals surface area contributed by atoms with E-state index in [1.807, 2.05) is 0 Å². The Morgan fingerprint density at radius 2 is 2.17 bits per heavy atom. The topological polar surface area (TPSA) is 69.6 Å². The van der Waals surface area contributed by atoms with E-state index in [0.29, 0.717) is 18.9 Å². The molecule has 2 N–H and O–H groups in total. The smallest absolute Gasteiger partial charge is 0.213 e. The van der Waals surface area contributed by atoms with Crippen molar-refractivity contribution in [2.45, 2.75) is 37.7 Å². The largest absolute Gasteiger partial charge is 0.387 e. The molecule has 0 spiro atoms. The summed E-state index contributed by atoms with van der Waals surface area (Å²) in [5, 5.41) is 13.3. The summed E-state index contributed by atoms with van der Waals surface area (Å²) in [4.78, 5) is 0. The summed E-state index contributed by atoms with van der Waals surface area (Å²) in [7, 11) is -1.64. The van der Waals surface area contributed by atoms with Gasteiger partial charge < -0.3 is 10.4 Å². The van der Waals surface area contributed by atoms with Crippen LogP contribution in [0.2, 0.25) is 0 Å². The molecule has 0 bridgehead atoms. The molecule has 1 saturated heterocycles. The van der Waals surface area contributed by atoms with Crippen molar-refractivity contribution in [3.05, 3.63) is 0 Å². The third-order valence-corrected chi connectivity index (χ3v) is 6.05. The van der Waals surface area contributed by atoms with E-state index in [2.05, 4.69) is 5.32 Å². The number of aliphatic hydroxyl groups is 1. The van der Waals surface area contributed by atoms with Crippen LogP contribution >= 0.6 is 0 Å². The summed E-state index contributed by atoms with van der Waals surface area (Å²) in [5.74, 6) is 0.821. The molecule has 1 aliphatic carbocycles. The van der Waals surface area contributed by atoms with Crippen LogP contribution in [0.25, 0.3) is 0 Å². The highest BCUT2D eigenvalue weighted by Gasteiger charge is 2.35. The maximum absolute atomic E-state index is 12.1. The minimum absolute atomic E-state index is 0.201. The van der Waals surface area contributed by atoms with Gasteiger partial charge in [0.1, 0.15) is 0 Å². The first-order valence-electron chi connectivity index (χ1n) is 6.78. The molecule has 2 fully saturated rings. The molecular formula is C12H24N2O3S. The van der Waals surface area contributed by atoms with Gasteiger partial charge in [-0.15, -0.1) is 0 Å². The summed E-state index contributed by atoms with van der Waals surface area (Å²) in [5.41, 5.74) is -0.891. The first-order valence-corrected chi connectivity index (χ1v) is 8.39. The molecule has 5 nitrogen and oxygen atoms in total. The zero-order chi connectivity index (χ0) is 13.2. The number of rotatable bonds is 6. The van der Waals surface area contributed by atoms with E-state index >= 15 is 0 Å². The first-order chi connectivity index (χ1) is 8.41. The lowest BCUT2D eigenvalue weighted by Gasteiger charge is -2.29. The molecule has 0 radical (unpaired) electrons. The molecule has 2 rings (SSSR count). The lowest BCUT2D eigenvalue weighted by atomic mass is 9.84. The third-order valence-electron chi connectivity index (χ3n) is 4.22. The quantitative estimate of drug-likeness (QED) is 0.725. The molecule has 1 atom stereocenters. The number of β-amino-alcohol motifs (C(OH)–C–C–N with tert-alkyl or cyclic N) is 1. The number of nitrogens with one attached hydrogen (secondary N) is 1. The minimum Gasteiger partial charge on any atom is -0.387 e. The van der Waals surface area contributed by atoms with Crippen LogP contribution in [0.5, 0.6) is 0 Å². The molecule has 18 heavy (non-hydrogen) atoms. The van der Waals surface area contributed by atoms with Crippen molar-refractivity contribution in [1.82, 2.24) is 9.62 Å². The van der Waals surface area contributed by atoms with E-state index in [4.69, 9.17) is 0 Å². The second-order valence-electron chi connectivity index (χ2n) is 5.81. The summed E-state index contributed by atoms with van der Waals surface area (Å²) in [6.45, 7) is 1.44. The molecule has 0 aromatic rings. The van der Waals surface area contributed by atoms with Crippen LogP contribution in [0.3, 0.4) is 0 Å². The zero-order valence-electron chi connectivity index (χ0n) is 11.1. The van der Waals surface area contributed by atoms with Gasteiger partial charge in [0, 0.05) is 20.1 Å². The number of hydrogen-bond acceptors (Lipinski definition) is 4. The Kier molecular flexibility index (Phi) is 4.31. The second-order valence-corrected chi connectivity index (χ2v) is 8.00. The molecule has 2 aliphatic rings. The van der Waals surface area contributed by atoms with Crippen LogP contribution in [0, 0.1) is 5.92 Å². The predicted molar refractivity (Wildman–Crippen MR) is 70.8 cm³/mol. The van der Waals surface area contributed by atoms with Gasteiger partial charge in [0.05, 0.1) is 11.4 Å². The van der Waals surface area contributed by atoms with Gasteiger partial charge in [-0.1, -0.05) is 19.3 Å². The van der Waals surface area contributed by atoms with Crippen molar-refractivity contribution < 1.29 is 13.5 Å². The summed E-state index contributed by atoms with van der Waals surface area (Å²) >= 11 is 0. The van der Waals surface area contributed by atoms with Gasteiger partial charge in [0.25, 0.3) is 0 Å². The number of hydrogen-bond donors (Lipinski definition) is 2. The van der Waals surface area contributed by atoms with E-state index in [9.17, 15) is 13.5 Å². The second kappa shape index (κ2) is 5.45. The fourth-order valence-electron chi connectivity index (χ4n) is 2.63. The lowest BCUT2D eigenvalue weighted by molar-refractivity contribution is 0.0462. The highest BCUT2D eigenvalue weighted by atomic mass is 32.2. The van der Waals surface area contributed by atoms with Crippen LogP contribution in [0.15, 0.2) is 0 Å². The highest BCUT2D eigenvalue weighted by Crippen LogP contribution is 2.30. The number of nitrogens with zero attached hydrogens (tertiary/aromatic N) is 1. The molecule has 0 aromatic carbocycles. The van der Waals surface area contributed by atoms with Crippen molar-refractivity contribution in [1.29, 1.82) is 0 Å². The minimum atomic E-state index is -3.21. The van der Waals surface area contributed by atoms with Crippen LogP contribution in [0.4, 0.5) is 0 Å². The fraction of sp³-hybridized carbons (Fsp3) is 1.00. The Morgan fingerprint density at radius 1 is 1.44 bits per heavy atom. The monoisotopic (exact) mass is 276 g/mol. The molecule has 6 heteroatoms. The van der Waals surface area contributed by atoms with Crippen molar-refractivity contribution in [2.75, 3.05) is 32.4 Å². The molecule has 0 aromatic heterocycles. The van der Waals surface area contributed by atoms with Crippen LogP contribution < -0.4 is 5.32 Å². The molecule has 1 saturated carbocycles. The third kappa shape index (κ3) is 3.44. The van der Waals surface area contributed by atoms with Crippen LogP contribution in [-0.4, -0.2) is 55.9 Å². The number of sulfonamides is 1. The molecule has 1 aliphatic heterocycles. The van der Waals surface area contributed by atoms with Crippen molar-refractivity contribution >= 4 is 10.0 Å². The Labute approximate surface area is 110 Å². The van der Waals surface area contributed by atoms with Gasteiger partial charge in [-0.3, -0.25) is 0 Å². The average Bonchev–Trinajstić information content (AvgIpc) is 2.62. The van der Waals surface area contributed by atoms with Gasteiger partial charge in [-0.25, -0.2) is 12.7 Å².